The third kappa shape index (κ3) is 2.14. The Morgan fingerprint density at radius 2 is 2.13 bits per heavy atom. The van der Waals surface area contributed by atoms with E-state index in [4.69, 9.17) is 4.42 Å². The highest BCUT2D eigenvalue weighted by Crippen LogP contribution is 2.20. The number of rotatable bonds is 1. The Labute approximate surface area is 131 Å². The van der Waals surface area contributed by atoms with Crippen LogP contribution >= 0.6 is 0 Å². The minimum atomic E-state index is -0.454. The highest BCUT2D eigenvalue weighted by molar-refractivity contribution is 5.98. The standard InChI is InChI=1S/C17H16N2O4/c1-10-2-5-15-19(10)14-8-11(3-4-13(14)17(22)23-15)16(21)18-7-6-12(20)9-18/h2-5,8,12,20H,6-7,9H2,1H3/t12-/m1/s1. The van der Waals surface area contributed by atoms with Crippen LogP contribution in [0.25, 0.3) is 16.6 Å². The number of fused-ring (bicyclic) bond motifs is 3. The summed E-state index contributed by atoms with van der Waals surface area (Å²) >= 11 is 0. The number of likely N-dealkylation sites (tertiary alicyclic amines) is 1. The number of amides is 1. The lowest BCUT2D eigenvalue weighted by Crippen LogP contribution is -2.29. The van der Waals surface area contributed by atoms with Gasteiger partial charge in [-0.15, -0.1) is 0 Å². The monoisotopic (exact) mass is 312 g/mol. The Morgan fingerprint density at radius 3 is 2.87 bits per heavy atom. The van der Waals surface area contributed by atoms with Crippen LogP contribution in [0.3, 0.4) is 0 Å². The molecular weight excluding hydrogens is 296 g/mol. The minimum Gasteiger partial charge on any atom is -0.405 e. The topological polar surface area (TPSA) is 75.2 Å². The number of aliphatic hydroxyl groups is 1. The summed E-state index contributed by atoms with van der Waals surface area (Å²) in [6.45, 7) is 2.82. The molecule has 1 atom stereocenters. The predicted molar refractivity (Wildman–Crippen MR) is 84.7 cm³/mol. The van der Waals surface area contributed by atoms with Gasteiger partial charge >= 0.3 is 5.63 Å². The highest BCUT2D eigenvalue weighted by atomic mass is 16.4. The van der Waals surface area contributed by atoms with Gasteiger partial charge in [-0.3, -0.25) is 9.20 Å². The Morgan fingerprint density at radius 1 is 1.30 bits per heavy atom. The zero-order valence-electron chi connectivity index (χ0n) is 12.7. The second-order valence-electron chi connectivity index (χ2n) is 5.96. The summed E-state index contributed by atoms with van der Waals surface area (Å²) in [5, 5.41) is 10.0. The van der Waals surface area contributed by atoms with Crippen LogP contribution < -0.4 is 5.63 Å². The molecule has 0 aliphatic carbocycles. The number of aromatic nitrogens is 1. The summed E-state index contributed by atoms with van der Waals surface area (Å²) < 4.78 is 7.11. The number of benzene rings is 1. The molecular formula is C17H16N2O4. The van der Waals surface area contributed by atoms with E-state index in [2.05, 4.69) is 0 Å². The van der Waals surface area contributed by atoms with Gasteiger partial charge in [0.1, 0.15) is 0 Å². The fourth-order valence-electron chi connectivity index (χ4n) is 3.18. The molecule has 0 unspecified atom stereocenters. The molecule has 4 rings (SSSR count). The molecule has 1 amide bonds. The number of carbonyl (C=O) groups is 1. The van der Waals surface area contributed by atoms with Gasteiger partial charge in [-0.2, -0.15) is 0 Å². The fraction of sp³-hybridized carbons (Fsp3) is 0.294. The number of hydrogen-bond acceptors (Lipinski definition) is 4. The van der Waals surface area contributed by atoms with Gasteiger partial charge in [-0.05, 0) is 37.6 Å². The molecule has 1 aliphatic heterocycles. The summed E-state index contributed by atoms with van der Waals surface area (Å²) in [6.07, 6.45) is 0.147. The van der Waals surface area contributed by atoms with Crippen molar-refractivity contribution in [3.8, 4) is 0 Å². The molecule has 23 heavy (non-hydrogen) atoms. The highest BCUT2D eigenvalue weighted by Gasteiger charge is 2.25. The van der Waals surface area contributed by atoms with Crippen molar-refractivity contribution in [1.82, 2.24) is 9.30 Å². The number of nitrogens with zero attached hydrogens (tertiary/aromatic N) is 2. The second kappa shape index (κ2) is 4.96. The maximum Gasteiger partial charge on any atom is 0.346 e. The first-order valence-electron chi connectivity index (χ1n) is 7.57. The lowest BCUT2D eigenvalue weighted by atomic mass is 10.1. The average Bonchev–Trinajstić information content (AvgIpc) is 3.13. The van der Waals surface area contributed by atoms with Crippen LogP contribution in [0, 0.1) is 6.92 Å². The molecule has 0 radical (unpaired) electrons. The Balaban J connectivity index is 1.90. The number of aliphatic hydroxyl groups excluding tert-OH is 1. The SMILES string of the molecule is Cc1ccc2oc(=O)c3ccc(C(=O)N4CC[C@@H](O)C4)cc3n12. The predicted octanol–water partition coefficient (Wildman–Crippen LogP) is 1.56. The molecule has 6 heteroatoms. The third-order valence-corrected chi connectivity index (χ3v) is 4.39. The molecule has 3 aromatic rings. The van der Waals surface area contributed by atoms with Crippen molar-refractivity contribution in [2.45, 2.75) is 19.4 Å². The molecule has 1 N–H and O–H groups in total. The number of aryl methyl sites for hydroxylation is 1. The molecule has 0 bridgehead atoms. The van der Waals surface area contributed by atoms with Gasteiger partial charge in [-0.25, -0.2) is 4.79 Å². The average molecular weight is 312 g/mol. The lowest BCUT2D eigenvalue weighted by Gasteiger charge is -2.16. The Kier molecular flexibility index (Phi) is 3.02. The number of carbonyl (C=O) groups excluding carboxylic acids is 1. The largest absolute Gasteiger partial charge is 0.405 e. The van der Waals surface area contributed by atoms with Crippen LogP contribution in [0.1, 0.15) is 22.5 Å². The lowest BCUT2D eigenvalue weighted by molar-refractivity contribution is 0.0765. The smallest absolute Gasteiger partial charge is 0.346 e. The molecule has 1 aliphatic rings. The fourth-order valence-corrected chi connectivity index (χ4v) is 3.18. The van der Waals surface area contributed by atoms with E-state index in [1.165, 1.54) is 0 Å². The molecule has 3 heterocycles. The zero-order valence-corrected chi connectivity index (χ0v) is 12.7. The van der Waals surface area contributed by atoms with Gasteiger partial charge in [0, 0.05) is 30.4 Å². The van der Waals surface area contributed by atoms with Gasteiger partial charge in [0.15, 0.2) is 0 Å². The summed E-state index contributed by atoms with van der Waals surface area (Å²) in [7, 11) is 0. The van der Waals surface area contributed by atoms with E-state index in [9.17, 15) is 14.7 Å². The zero-order chi connectivity index (χ0) is 16.1. The van der Waals surface area contributed by atoms with Crippen molar-refractivity contribution in [2.75, 3.05) is 13.1 Å². The Bertz CT molecular complexity index is 985. The van der Waals surface area contributed by atoms with Gasteiger partial charge < -0.3 is 14.4 Å². The molecule has 0 spiro atoms. The van der Waals surface area contributed by atoms with Crippen LogP contribution in [-0.4, -0.2) is 39.5 Å². The van der Waals surface area contributed by atoms with Crippen LogP contribution in [0.5, 0.6) is 0 Å². The van der Waals surface area contributed by atoms with Gasteiger partial charge in [0.25, 0.3) is 5.91 Å². The van der Waals surface area contributed by atoms with Crippen molar-refractivity contribution in [2.24, 2.45) is 0 Å². The molecule has 1 fully saturated rings. The van der Waals surface area contributed by atoms with Gasteiger partial charge in [0.2, 0.25) is 5.71 Å². The summed E-state index contributed by atoms with van der Waals surface area (Å²) in [4.78, 5) is 26.3. The normalized spacial score (nSPS) is 18.2. The van der Waals surface area contributed by atoms with Crippen LogP contribution in [0.2, 0.25) is 0 Å². The van der Waals surface area contributed by atoms with Crippen molar-refractivity contribution >= 4 is 22.5 Å². The van der Waals surface area contributed by atoms with E-state index in [1.807, 2.05) is 17.4 Å². The minimum absolute atomic E-state index is 0.130. The molecule has 1 aromatic carbocycles. The van der Waals surface area contributed by atoms with E-state index in [-0.39, 0.29) is 5.91 Å². The summed E-state index contributed by atoms with van der Waals surface area (Å²) in [5.74, 6) is -0.130. The number of β-amino-alcohol motifs (C(OH)–C–C–N with tert-alkyl or cyclic N) is 1. The van der Waals surface area contributed by atoms with Crippen molar-refractivity contribution in [1.29, 1.82) is 0 Å². The quantitative estimate of drug-likeness (QED) is 0.740. The van der Waals surface area contributed by atoms with Crippen LogP contribution in [-0.2, 0) is 0 Å². The molecule has 6 nitrogen and oxygen atoms in total. The van der Waals surface area contributed by atoms with Gasteiger partial charge in [-0.1, -0.05) is 0 Å². The molecule has 118 valence electrons. The van der Waals surface area contributed by atoms with E-state index < -0.39 is 11.7 Å². The third-order valence-electron chi connectivity index (χ3n) is 4.39. The molecule has 0 saturated carbocycles. The van der Waals surface area contributed by atoms with E-state index in [0.717, 1.165) is 5.69 Å². The first-order valence-corrected chi connectivity index (χ1v) is 7.57. The first-order chi connectivity index (χ1) is 11.0. The van der Waals surface area contributed by atoms with E-state index >= 15 is 0 Å². The van der Waals surface area contributed by atoms with Crippen molar-refractivity contribution in [3.05, 3.63) is 52.0 Å². The van der Waals surface area contributed by atoms with E-state index in [0.29, 0.717) is 41.7 Å². The Hall–Kier alpha value is -2.60. The molecule has 2 aromatic heterocycles. The second-order valence-corrected chi connectivity index (χ2v) is 5.96. The summed E-state index contributed by atoms with van der Waals surface area (Å²) in [5.41, 5.74) is 2.13. The van der Waals surface area contributed by atoms with E-state index in [1.54, 1.807) is 29.2 Å². The van der Waals surface area contributed by atoms with Crippen LogP contribution in [0.4, 0.5) is 0 Å². The summed E-state index contributed by atoms with van der Waals surface area (Å²) in [6, 6.07) is 8.58. The first kappa shape index (κ1) is 14.0. The maximum absolute atomic E-state index is 12.6. The van der Waals surface area contributed by atoms with Crippen molar-refractivity contribution in [3.63, 3.8) is 0 Å². The maximum atomic E-state index is 12.6. The van der Waals surface area contributed by atoms with Crippen LogP contribution in [0.15, 0.2) is 39.5 Å². The van der Waals surface area contributed by atoms with Gasteiger partial charge in [0.05, 0.1) is 17.0 Å². The molecule has 1 saturated heterocycles. The number of hydrogen-bond donors (Lipinski definition) is 1. The van der Waals surface area contributed by atoms with Crippen molar-refractivity contribution < 1.29 is 14.3 Å².